The molecule has 0 amide bonds. The summed E-state index contributed by atoms with van der Waals surface area (Å²) < 4.78 is 14.0. The fraction of sp³-hybridized carbons (Fsp3) is 0. The van der Waals surface area contributed by atoms with Crippen LogP contribution >= 0.6 is 0 Å². The highest BCUT2D eigenvalue weighted by molar-refractivity contribution is 6.15. The highest BCUT2D eigenvalue weighted by Gasteiger charge is 2.19. The van der Waals surface area contributed by atoms with Crippen LogP contribution in [0.4, 0.5) is 4.39 Å². The van der Waals surface area contributed by atoms with Gasteiger partial charge in [-0.25, -0.2) is 9.37 Å². The molecule has 0 radical (unpaired) electrons. The molecule has 144 valence electrons. The maximum atomic E-state index is 14.0. The topological polar surface area (TPSA) is 86.6 Å². The lowest BCUT2D eigenvalue weighted by atomic mass is 9.94. The van der Waals surface area contributed by atoms with Crippen LogP contribution in [0.2, 0.25) is 0 Å². The number of fused-ring (bicyclic) bond motifs is 1. The van der Waals surface area contributed by atoms with Crippen molar-refractivity contribution in [2.24, 2.45) is 0 Å². The number of nitrogens with zero attached hydrogens (tertiary/aromatic N) is 2. The van der Waals surface area contributed by atoms with Gasteiger partial charge in [-0.1, -0.05) is 36.4 Å². The molecule has 0 saturated heterocycles. The number of aromatic nitrogens is 2. The maximum absolute atomic E-state index is 14.0. The molecule has 0 unspecified atom stereocenters. The van der Waals surface area contributed by atoms with Crippen LogP contribution < -0.4 is 5.56 Å². The number of nitriles is 1. The van der Waals surface area contributed by atoms with E-state index in [4.69, 9.17) is 5.26 Å². The number of allylic oxidation sites excluding steroid dienone is 1. The molecule has 2 aromatic heterocycles. The van der Waals surface area contributed by atoms with Gasteiger partial charge < -0.3 is 4.98 Å². The summed E-state index contributed by atoms with van der Waals surface area (Å²) in [5.74, 6) is -0.991. The summed E-state index contributed by atoms with van der Waals surface area (Å²) in [6, 6.07) is 18.1. The van der Waals surface area contributed by atoms with Gasteiger partial charge in [-0.2, -0.15) is 5.26 Å². The molecule has 4 aromatic rings. The van der Waals surface area contributed by atoms with E-state index in [1.54, 1.807) is 30.3 Å². The van der Waals surface area contributed by atoms with E-state index in [9.17, 15) is 14.0 Å². The van der Waals surface area contributed by atoms with Crippen molar-refractivity contribution >= 4 is 22.8 Å². The Morgan fingerprint density at radius 2 is 1.90 bits per heavy atom. The third-order valence-corrected chi connectivity index (χ3v) is 4.61. The molecule has 0 fully saturated rings. The SMILES string of the molecule is N#Cc1ccc(/C=C/C(=O)c2c(-c3ccccc3)c3cc(F)ccc3[nH]c2=O)cn1. The molecule has 30 heavy (non-hydrogen) atoms. The molecule has 1 N–H and O–H groups in total. The minimum Gasteiger partial charge on any atom is -0.321 e. The molecule has 4 rings (SSSR count). The maximum Gasteiger partial charge on any atom is 0.260 e. The molecule has 6 heteroatoms. The first kappa shape index (κ1) is 19.0. The monoisotopic (exact) mass is 395 g/mol. The molecule has 0 bridgehead atoms. The molecule has 0 saturated carbocycles. The smallest absolute Gasteiger partial charge is 0.260 e. The summed E-state index contributed by atoms with van der Waals surface area (Å²) in [5, 5.41) is 9.26. The van der Waals surface area contributed by atoms with E-state index in [1.807, 2.05) is 12.1 Å². The fourth-order valence-corrected chi connectivity index (χ4v) is 3.23. The molecular formula is C24H14FN3O2. The van der Waals surface area contributed by atoms with Crippen LogP contribution in [0.1, 0.15) is 21.6 Å². The van der Waals surface area contributed by atoms with Gasteiger partial charge in [0, 0.05) is 22.7 Å². The van der Waals surface area contributed by atoms with E-state index in [0.717, 1.165) is 0 Å². The number of aromatic amines is 1. The number of nitrogens with one attached hydrogen (secondary N) is 1. The van der Waals surface area contributed by atoms with Gasteiger partial charge in [0.2, 0.25) is 0 Å². The minimum absolute atomic E-state index is 0.0721. The number of pyridine rings is 2. The first-order valence-electron chi connectivity index (χ1n) is 9.06. The number of carbonyl (C=O) groups is 1. The zero-order chi connectivity index (χ0) is 21.1. The summed E-state index contributed by atoms with van der Waals surface area (Å²) in [6.45, 7) is 0. The summed E-state index contributed by atoms with van der Waals surface area (Å²) in [4.78, 5) is 32.4. The quantitative estimate of drug-likeness (QED) is 0.407. The summed E-state index contributed by atoms with van der Waals surface area (Å²) in [7, 11) is 0. The highest BCUT2D eigenvalue weighted by Crippen LogP contribution is 2.30. The summed E-state index contributed by atoms with van der Waals surface area (Å²) >= 11 is 0. The van der Waals surface area contributed by atoms with Gasteiger partial charge >= 0.3 is 0 Å². The molecular weight excluding hydrogens is 381 g/mol. The van der Waals surface area contributed by atoms with Gasteiger partial charge in [-0.15, -0.1) is 0 Å². The van der Waals surface area contributed by atoms with Crippen molar-refractivity contribution in [3.8, 4) is 17.2 Å². The Morgan fingerprint density at radius 3 is 2.60 bits per heavy atom. The Morgan fingerprint density at radius 1 is 1.10 bits per heavy atom. The number of H-pyrrole nitrogens is 1. The van der Waals surface area contributed by atoms with Crippen LogP contribution in [-0.2, 0) is 0 Å². The molecule has 0 atom stereocenters. The largest absolute Gasteiger partial charge is 0.321 e. The normalized spacial score (nSPS) is 10.9. The molecule has 0 aliphatic rings. The number of ketones is 1. The Labute approximate surface area is 170 Å². The molecule has 0 spiro atoms. The second kappa shape index (κ2) is 7.94. The third kappa shape index (κ3) is 3.64. The van der Waals surface area contributed by atoms with Crippen LogP contribution in [0.15, 0.2) is 77.7 Å². The van der Waals surface area contributed by atoms with Gasteiger partial charge in [0.15, 0.2) is 5.78 Å². The van der Waals surface area contributed by atoms with Gasteiger partial charge in [0.1, 0.15) is 17.6 Å². The number of benzene rings is 2. The van der Waals surface area contributed by atoms with Crippen molar-refractivity contribution in [3.63, 3.8) is 0 Å². The zero-order valence-electron chi connectivity index (χ0n) is 15.6. The Bertz CT molecular complexity index is 1380. The minimum atomic E-state index is -0.555. The van der Waals surface area contributed by atoms with Crippen molar-refractivity contribution in [3.05, 3.63) is 106 Å². The van der Waals surface area contributed by atoms with Crippen molar-refractivity contribution in [1.29, 1.82) is 5.26 Å². The van der Waals surface area contributed by atoms with Crippen LogP contribution in [0.3, 0.4) is 0 Å². The third-order valence-electron chi connectivity index (χ3n) is 4.61. The van der Waals surface area contributed by atoms with E-state index >= 15 is 0 Å². The predicted molar refractivity (Wildman–Crippen MR) is 112 cm³/mol. The zero-order valence-corrected chi connectivity index (χ0v) is 15.6. The first-order chi connectivity index (χ1) is 14.6. The molecule has 2 heterocycles. The van der Waals surface area contributed by atoms with Gasteiger partial charge in [0.05, 0.1) is 5.56 Å². The van der Waals surface area contributed by atoms with E-state index < -0.39 is 17.2 Å². The highest BCUT2D eigenvalue weighted by atomic mass is 19.1. The van der Waals surface area contributed by atoms with E-state index in [1.165, 1.54) is 42.6 Å². The summed E-state index contributed by atoms with van der Waals surface area (Å²) in [5.41, 5.74) is 1.69. The van der Waals surface area contributed by atoms with Crippen molar-refractivity contribution in [2.45, 2.75) is 0 Å². The number of hydrogen-bond donors (Lipinski definition) is 1. The Balaban J connectivity index is 1.88. The van der Waals surface area contributed by atoms with Gasteiger partial charge in [-0.3, -0.25) is 9.59 Å². The van der Waals surface area contributed by atoms with E-state index in [0.29, 0.717) is 27.6 Å². The Hall–Kier alpha value is -4.37. The molecule has 0 aliphatic heterocycles. The second-order valence-electron chi connectivity index (χ2n) is 6.55. The lowest BCUT2D eigenvalue weighted by molar-refractivity contribution is 0.104. The van der Waals surface area contributed by atoms with E-state index in [2.05, 4.69) is 9.97 Å². The second-order valence-corrected chi connectivity index (χ2v) is 6.55. The lowest BCUT2D eigenvalue weighted by Crippen LogP contribution is -2.18. The molecule has 2 aromatic carbocycles. The Kier molecular flexibility index (Phi) is 5.02. The summed E-state index contributed by atoms with van der Waals surface area (Å²) in [6.07, 6.45) is 4.24. The van der Waals surface area contributed by atoms with Gasteiger partial charge in [0.25, 0.3) is 5.56 Å². The lowest BCUT2D eigenvalue weighted by Gasteiger charge is -2.11. The standard InChI is InChI=1S/C24H14FN3O2/c25-17-8-10-20-19(12-17)22(16-4-2-1-3-5-16)23(24(30)28-20)21(29)11-7-15-6-9-18(13-26)27-14-15/h1-12,14H,(H,28,30)/b11-7+. The van der Waals surface area contributed by atoms with Crippen molar-refractivity contribution in [2.75, 3.05) is 0 Å². The van der Waals surface area contributed by atoms with Crippen molar-refractivity contribution < 1.29 is 9.18 Å². The number of rotatable bonds is 4. The molecule has 0 aliphatic carbocycles. The van der Waals surface area contributed by atoms with Crippen molar-refractivity contribution in [1.82, 2.24) is 9.97 Å². The number of halogens is 1. The number of carbonyl (C=O) groups excluding carboxylic acids is 1. The van der Waals surface area contributed by atoms with Crippen LogP contribution in [0.5, 0.6) is 0 Å². The van der Waals surface area contributed by atoms with Crippen LogP contribution in [-0.4, -0.2) is 15.8 Å². The van der Waals surface area contributed by atoms with Crippen LogP contribution in [0, 0.1) is 17.1 Å². The van der Waals surface area contributed by atoms with Crippen LogP contribution in [0.25, 0.3) is 28.1 Å². The first-order valence-corrected chi connectivity index (χ1v) is 9.06. The number of hydrogen-bond acceptors (Lipinski definition) is 4. The average Bonchev–Trinajstić information content (AvgIpc) is 2.78. The predicted octanol–water partition coefficient (Wildman–Crippen LogP) is 4.50. The fourth-order valence-electron chi connectivity index (χ4n) is 3.23. The average molecular weight is 395 g/mol. The van der Waals surface area contributed by atoms with Gasteiger partial charge in [-0.05, 0) is 47.5 Å². The van der Waals surface area contributed by atoms with E-state index in [-0.39, 0.29) is 11.3 Å². The molecule has 5 nitrogen and oxygen atoms in total.